The summed E-state index contributed by atoms with van der Waals surface area (Å²) in [6, 6.07) is 13.0. The summed E-state index contributed by atoms with van der Waals surface area (Å²) in [6.45, 7) is 5.75. The van der Waals surface area contributed by atoms with Crippen LogP contribution in [-0.4, -0.2) is 81.8 Å². The van der Waals surface area contributed by atoms with Crippen molar-refractivity contribution in [2.24, 2.45) is 10.9 Å². The van der Waals surface area contributed by atoms with Gasteiger partial charge in [-0.25, -0.2) is 4.99 Å². The molecule has 0 aromatic heterocycles. The highest BCUT2D eigenvalue weighted by molar-refractivity contribution is 6.08. The van der Waals surface area contributed by atoms with Gasteiger partial charge in [0.05, 0.1) is 27.9 Å². The third kappa shape index (κ3) is 5.80. The molecule has 0 saturated carbocycles. The van der Waals surface area contributed by atoms with Crippen molar-refractivity contribution >= 4 is 17.8 Å². The molecule has 2 atom stereocenters. The first-order chi connectivity index (χ1) is 18.0. The minimum atomic E-state index is -1.15. The van der Waals surface area contributed by atoms with Gasteiger partial charge in [-0.2, -0.15) is 0 Å². The van der Waals surface area contributed by atoms with E-state index in [4.69, 9.17) is 23.9 Å². The first-order valence-electron chi connectivity index (χ1n) is 12.4. The number of benzene rings is 2. The van der Waals surface area contributed by atoms with E-state index in [2.05, 4.69) is 22.3 Å². The highest BCUT2D eigenvalue weighted by atomic mass is 16.5. The van der Waals surface area contributed by atoms with Gasteiger partial charge in [0.25, 0.3) is 0 Å². The molecule has 37 heavy (non-hydrogen) atoms. The zero-order valence-corrected chi connectivity index (χ0v) is 21.7. The van der Waals surface area contributed by atoms with E-state index >= 15 is 0 Å². The number of rotatable bonds is 8. The number of piperazine rings is 1. The fourth-order valence-electron chi connectivity index (χ4n) is 4.70. The second-order valence-corrected chi connectivity index (χ2v) is 8.82. The number of guanidine groups is 1. The van der Waals surface area contributed by atoms with Crippen LogP contribution in [0.5, 0.6) is 17.2 Å². The Balaban J connectivity index is 1.61. The fraction of sp³-hybridized carbons (Fsp3) is 0.444. The van der Waals surface area contributed by atoms with E-state index in [9.17, 15) is 9.59 Å². The van der Waals surface area contributed by atoms with Crippen LogP contribution in [0.15, 0.2) is 47.5 Å². The number of carbonyl (C=O) groups is 2. The Morgan fingerprint density at radius 1 is 1.00 bits per heavy atom. The summed E-state index contributed by atoms with van der Waals surface area (Å²) in [5.74, 6) is -0.536. The van der Waals surface area contributed by atoms with Gasteiger partial charge in [-0.3, -0.25) is 19.8 Å². The van der Waals surface area contributed by atoms with E-state index in [1.807, 2.05) is 23.1 Å². The highest BCUT2D eigenvalue weighted by Crippen LogP contribution is 2.42. The third-order valence-electron chi connectivity index (χ3n) is 6.58. The van der Waals surface area contributed by atoms with Crippen molar-refractivity contribution in [1.29, 1.82) is 0 Å². The second-order valence-electron chi connectivity index (χ2n) is 8.82. The van der Waals surface area contributed by atoms with E-state index in [0.717, 1.165) is 19.6 Å². The molecule has 2 aliphatic heterocycles. The van der Waals surface area contributed by atoms with Crippen molar-refractivity contribution in [2.45, 2.75) is 19.5 Å². The molecule has 2 aromatic rings. The van der Waals surface area contributed by atoms with Crippen molar-refractivity contribution < 1.29 is 28.5 Å². The molecule has 10 heteroatoms. The van der Waals surface area contributed by atoms with E-state index in [1.54, 1.807) is 19.1 Å². The molecule has 1 N–H and O–H groups in total. The van der Waals surface area contributed by atoms with Crippen LogP contribution in [0.4, 0.5) is 0 Å². The zero-order chi connectivity index (χ0) is 26.4. The molecule has 1 fully saturated rings. The van der Waals surface area contributed by atoms with E-state index in [1.165, 1.54) is 26.9 Å². The number of carbonyl (C=O) groups excluding carboxylic acids is 2. The molecule has 0 aliphatic carbocycles. The van der Waals surface area contributed by atoms with Crippen LogP contribution < -0.4 is 19.5 Å². The van der Waals surface area contributed by atoms with Crippen molar-refractivity contribution in [1.82, 2.24) is 15.1 Å². The Morgan fingerprint density at radius 3 is 2.22 bits per heavy atom. The van der Waals surface area contributed by atoms with Crippen molar-refractivity contribution in [3.05, 3.63) is 53.6 Å². The highest BCUT2D eigenvalue weighted by Gasteiger charge is 2.43. The molecular weight excluding hydrogens is 476 g/mol. The van der Waals surface area contributed by atoms with Gasteiger partial charge < -0.3 is 23.8 Å². The Kier molecular flexibility index (Phi) is 8.50. The van der Waals surface area contributed by atoms with Gasteiger partial charge in [-0.15, -0.1) is 0 Å². The predicted molar refractivity (Wildman–Crippen MR) is 138 cm³/mol. The largest absolute Gasteiger partial charge is 0.493 e. The smallest absolute Gasteiger partial charge is 0.321 e. The summed E-state index contributed by atoms with van der Waals surface area (Å²) in [5, 5.41) is 2.85. The van der Waals surface area contributed by atoms with Gasteiger partial charge in [-0.1, -0.05) is 30.3 Å². The standard InChI is InChI=1S/C27H34N4O6/c1-5-37-26(33)22-23(19-15-20(34-2)24(36-4)21(16-19)35-3)28-27(29-25(22)32)31-13-11-30(12-14-31)17-18-9-7-6-8-10-18/h6-10,15-16,22-23H,5,11-14,17H2,1-4H3,(H,28,29,32)/t22-,23-/m0/s1. The van der Waals surface area contributed by atoms with Gasteiger partial charge in [0.1, 0.15) is 6.04 Å². The average molecular weight is 511 g/mol. The molecule has 0 spiro atoms. The fourth-order valence-corrected chi connectivity index (χ4v) is 4.70. The lowest BCUT2D eigenvalue weighted by Gasteiger charge is -2.39. The van der Waals surface area contributed by atoms with E-state index < -0.39 is 23.8 Å². The first-order valence-corrected chi connectivity index (χ1v) is 12.4. The van der Waals surface area contributed by atoms with Crippen LogP contribution in [-0.2, 0) is 20.9 Å². The number of nitrogens with one attached hydrogen (secondary N) is 1. The Bertz CT molecular complexity index is 1110. The van der Waals surface area contributed by atoms with Crippen LogP contribution in [0.2, 0.25) is 0 Å². The lowest BCUT2D eigenvalue weighted by Crippen LogP contribution is -2.57. The summed E-state index contributed by atoms with van der Waals surface area (Å²) in [4.78, 5) is 35.4. The molecule has 2 aromatic carbocycles. The van der Waals surface area contributed by atoms with Crippen LogP contribution >= 0.6 is 0 Å². The number of aliphatic imine (C=N–C) groups is 1. The molecule has 2 aliphatic rings. The maximum absolute atomic E-state index is 13.3. The summed E-state index contributed by atoms with van der Waals surface area (Å²) in [5.41, 5.74) is 1.85. The normalized spacial score (nSPS) is 20.1. The lowest BCUT2D eigenvalue weighted by atomic mass is 9.90. The number of hydrogen-bond acceptors (Lipinski definition) is 9. The maximum atomic E-state index is 13.3. The van der Waals surface area contributed by atoms with Crippen molar-refractivity contribution in [3.63, 3.8) is 0 Å². The molecule has 4 rings (SSSR count). The first kappa shape index (κ1) is 26.3. The van der Waals surface area contributed by atoms with Gasteiger partial charge in [0.2, 0.25) is 17.6 Å². The van der Waals surface area contributed by atoms with Crippen LogP contribution in [0.25, 0.3) is 0 Å². The summed E-state index contributed by atoms with van der Waals surface area (Å²) in [6.07, 6.45) is 0. The summed E-state index contributed by atoms with van der Waals surface area (Å²) in [7, 11) is 4.55. The SMILES string of the molecule is CCOC(=O)[C@@H]1C(=O)NC(N2CCN(Cc3ccccc3)CC2)=N[C@H]1c1cc(OC)c(OC)c(OC)c1. The molecule has 198 valence electrons. The topological polar surface area (TPSA) is 102 Å². The second kappa shape index (κ2) is 12.0. The molecule has 1 amide bonds. The summed E-state index contributed by atoms with van der Waals surface area (Å²) >= 11 is 0. The molecule has 0 unspecified atom stereocenters. The van der Waals surface area contributed by atoms with Crippen LogP contribution in [0, 0.1) is 5.92 Å². The monoisotopic (exact) mass is 510 g/mol. The molecular formula is C27H34N4O6. The van der Waals surface area contributed by atoms with Gasteiger partial charge in [-0.05, 0) is 30.2 Å². The number of ether oxygens (including phenoxy) is 4. The lowest BCUT2D eigenvalue weighted by molar-refractivity contribution is -0.153. The minimum absolute atomic E-state index is 0.157. The zero-order valence-electron chi connectivity index (χ0n) is 21.7. The quantitative estimate of drug-likeness (QED) is 0.426. The third-order valence-corrected chi connectivity index (χ3v) is 6.58. The molecule has 1 saturated heterocycles. The van der Waals surface area contributed by atoms with Crippen molar-refractivity contribution in [3.8, 4) is 17.2 Å². The molecule has 0 radical (unpaired) electrons. The number of esters is 1. The molecule has 0 bridgehead atoms. The Labute approximate surface area is 217 Å². The van der Waals surface area contributed by atoms with E-state index in [-0.39, 0.29) is 6.61 Å². The van der Waals surface area contributed by atoms with Gasteiger partial charge in [0, 0.05) is 32.7 Å². The summed E-state index contributed by atoms with van der Waals surface area (Å²) < 4.78 is 21.7. The predicted octanol–water partition coefficient (Wildman–Crippen LogP) is 2.24. The van der Waals surface area contributed by atoms with Gasteiger partial charge in [0.15, 0.2) is 17.4 Å². The minimum Gasteiger partial charge on any atom is -0.493 e. The maximum Gasteiger partial charge on any atom is 0.321 e. The Hall–Kier alpha value is -3.79. The number of amides is 1. The Morgan fingerprint density at radius 2 is 1.65 bits per heavy atom. The van der Waals surface area contributed by atoms with Crippen molar-refractivity contribution in [2.75, 3.05) is 54.1 Å². The number of nitrogens with zero attached hydrogens (tertiary/aromatic N) is 3. The van der Waals surface area contributed by atoms with Crippen LogP contribution in [0.3, 0.4) is 0 Å². The number of hydrogen-bond donors (Lipinski definition) is 1. The van der Waals surface area contributed by atoms with E-state index in [0.29, 0.717) is 41.9 Å². The average Bonchev–Trinajstić information content (AvgIpc) is 2.92. The van der Waals surface area contributed by atoms with Gasteiger partial charge >= 0.3 is 5.97 Å². The molecule has 10 nitrogen and oxygen atoms in total. The molecule has 2 heterocycles. The van der Waals surface area contributed by atoms with Crippen LogP contribution in [0.1, 0.15) is 24.1 Å². The number of methoxy groups -OCH3 is 3.